The van der Waals surface area contributed by atoms with Gasteiger partial charge < -0.3 is 9.47 Å². The van der Waals surface area contributed by atoms with Crippen LogP contribution in [-0.2, 0) is 19.1 Å². The standard InChI is InChI=1S/C23H38O4/c1-6-16(4)21(25)26-9-7-8-20(24)27-23(15(2)3)18-10-17-11-19(23)14-22(5,12-17)13-18/h15-19H,6-14H2,1-5H3. The first-order chi connectivity index (χ1) is 12.7. The number of hydrogen-bond donors (Lipinski definition) is 0. The SMILES string of the molecule is CCC(C)C(=O)OCCCC(=O)OC1(C(C)C)C2CC3CC1CC(C)(C3)C2. The summed E-state index contributed by atoms with van der Waals surface area (Å²) in [6, 6.07) is 0. The molecule has 4 bridgehead atoms. The zero-order valence-electron chi connectivity index (χ0n) is 17.9. The van der Waals surface area contributed by atoms with Gasteiger partial charge in [0.2, 0.25) is 0 Å². The minimum atomic E-state index is -0.277. The van der Waals surface area contributed by atoms with E-state index in [1.165, 1.54) is 32.1 Å². The molecule has 0 aliphatic heterocycles. The average molecular weight is 379 g/mol. The molecule has 0 aromatic carbocycles. The molecule has 0 aromatic rings. The molecule has 0 heterocycles. The summed E-state index contributed by atoms with van der Waals surface area (Å²) < 4.78 is 11.6. The molecule has 0 amide bonds. The minimum absolute atomic E-state index is 0.0735. The molecule has 0 spiro atoms. The van der Waals surface area contributed by atoms with Gasteiger partial charge in [0, 0.05) is 18.3 Å². The van der Waals surface area contributed by atoms with Crippen molar-refractivity contribution in [2.45, 2.75) is 91.6 Å². The van der Waals surface area contributed by atoms with Crippen LogP contribution < -0.4 is 0 Å². The van der Waals surface area contributed by atoms with E-state index in [2.05, 4.69) is 20.8 Å². The molecule has 4 aliphatic rings. The summed E-state index contributed by atoms with van der Waals surface area (Å²) in [5.41, 5.74) is 0.187. The van der Waals surface area contributed by atoms with Crippen molar-refractivity contribution in [3.8, 4) is 0 Å². The summed E-state index contributed by atoms with van der Waals surface area (Å²) in [4.78, 5) is 24.4. The molecule has 27 heavy (non-hydrogen) atoms. The van der Waals surface area contributed by atoms with Crippen LogP contribution >= 0.6 is 0 Å². The van der Waals surface area contributed by atoms with Gasteiger partial charge in [0.05, 0.1) is 12.5 Å². The zero-order chi connectivity index (χ0) is 19.8. The Bertz CT molecular complexity index is 551. The van der Waals surface area contributed by atoms with Gasteiger partial charge >= 0.3 is 11.9 Å². The van der Waals surface area contributed by atoms with Gasteiger partial charge in [-0.1, -0.05) is 34.6 Å². The van der Waals surface area contributed by atoms with Crippen molar-refractivity contribution in [3.63, 3.8) is 0 Å². The molecule has 154 valence electrons. The predicted octanol–water partition coefficient (Wildman–Crippen LogP) is 5.14. The predicted molar refractivity (Wildman–Crippen MR) is 105 cm³/mol. The molecular formula is C23H38O4. The average Bonchev–Trinajstić information content (AvgIpc) is 2.59. The maximum absolute atomic E-state index is 12.7. The maximum atomic E-state index is 12.7. The molecule has 0 N–H and O–H groups in total. The maximum Gasteiger partial charge on any atom is 0.308 e. The molecule has 4 nitrogen and oxygen atoms in total. The van der Waals surface area contributed by atoms with Crippen LogP contribution in [0, 0.1) is 35.0 Å². The van der Waals surface area contributed by atoms with Gasteiger partial charge in [-0.15, -0.1) is 0 Å². The second-order valence-electron chi connectivity index (χ2n) is 10.2. The largest absolute Gasteiger partial charge is 0.465 e. The van der Waals surface area contributed by atoms with Gasteiger partial charge in [0.1, 0.15) is 5.60 Å². The van der Waals surface area contributed by atoms with Crippen molar-refractivity contribution in [1.29, 1.82) is 0 Å². The lowest BCUT2D eigenvalue weighted by atomic mass is 9.43. The summed E-state index contributed by atoms with van der Waals surface area (Å²) in [7, 11) is 0. The molecular weight excluding hydrogens is 340 g/mol. The van der Waals surface area contributed by atoms with Gasteiger partial charge in [0.15, 0.2) is 0 Å². The summed E-state index contributed by atoms with van der Waals surface area (Å²) in [5.74, 6) is 1.86. The smallest absolute Gasteiger partial charge is 0.308 e. The molecule has 3 atom stereocenters. The lowest BCUT2D eigenvalue weighted by Gasteiger charge is -2.65. The van der Waals surface area contributed by atoms with E-state index in [0.29, 0.717) is 42.6 Å². The Morgan fingerprint density at radius 2 is 1.70 bits per heavy atom. The van der Waals surface area contributed by atoms with Crippen LogP contribution in [0.1, 0.15) is 86.0 Å². The molecule has 3 unspecified atom stereocenters. The van der Waals surface area contributed by atoms with E-state index in [-0.39, 0.29) is 23.5 Å². The summed E-state index contributed by atoms with van der Waals surface area (Å²) in [5, 5.41) is 0. The number of ether oxygens (including phenoxy) is 2. The Morgan fingerprint density at radius 1 is 1.07 bits per heavy atom. The quantitative estimate of drug-likeness (QED) is 0.433. The molecule has 0 saturated heterocycles. The van der Waals surface area contributed by atoms with Crippen molar-refractivity contribution < 1.29 is 19.1 Å². The third-order valence-corrected chi connectivity index (χ3v) is 7.75. The van der Waals surface area contributed by atoms with Crippen LogP contribution in [0.3, 0.4) is 0 Å². The number of rotatable bonds is 8. The fourth-order valence-electron chi connectivity index (χ4n) is 6.57. The molecule has 4 fully saturated rings. The minimum Gasteiger partial charge on any atom is -0.465 e. The van der Waals surface area contributed by atoms with Crippen molar-refractivity contribution in [1.82, 2.24) is 0 Å². The Hall–Kier alpha value is -1.06. The zero-order valence-corrected chi connectivity index (χ0v) is 17.9. The Labute approximate surface area is 164 Å². The summed E-state index contributed by atoms with van der Waals surface area (Å²) in [6.45, 7) is 11.0. The van der Waals surface area contributed by atoms with Crippen LogP contribution in [0.2, 0.25) is 0 Å². The van der Waals surface area contributed by atoms with E-state index >= 15 is 0 Å². The van der Waals surface area contributed by atoms with Crippen LogP contribution in [0.15, 0.2) is 0 Å². The van der Waals surface area contributed by atoms with E-state index in [1.54, 1.807) is 0 Å². The molecule has 0 aromatic heterocycles. The number of esters is 2. The highest BCUT2D eigenvalue weighted by Crippen LogP contribution is 2.66. The van der Waals surface area contributed by atoms with E-state index < -0.39 is 0 Å². The van der Waals surface area contributed by atoms with E-state index in [4.69, 9.17) is 9.47 Å². The van der Waals surface area contributed by atoms with Crippen molar-refractivity contribution in [3.05, 3.63) is 0 Å². The molecule has 4 heteroatoms. The highest BCUT2D eigenvalue weighted by Gasteiger charge is 2.63. The van der Waals surface area contributed by atoms with Crippen LogP contribution in [-0.4, -0.2) is 24.1 Å². The van der Waals surface area contributed by atoms with Gasteiger partial charge in [0.25, 0.3) is 0 Å². The van der Waals surface area contributed by atoms with Crippen LogP contribution in [0.4, 0.5) is 0 Å². The molecule has 0 radical (unpaired) electrons. The van der Waals surface area contributed by atoms with E-state index in [0.717, 1.165) is 12.3 Å². The second-order valence-corrected chi connectivity index (χ2v) is 10.2. The number of hydrogen-bond acceptors (Lipinski definition) is 4. The van der Waals surface area contributed by atoms with Crippen molar-refractivity contribution in [2.24, 2.45) is 35.0 Å². The molecule has 4 saturated carbocycles. The van der Waals surface area contributed by atoms with E-state index in [9.17, 15) is 9.59 Å². The number of carbonyl (C=O) groups is 2. The third-order valence-electron chi connectivity index (χ3n) is 7.75. The molecule has 4 rings (SSSR count). The highest BCUT2D eigenvalue weighted by molar-refractivity contribution is 5.72. The molecule has 4 aliphatic carbocycles. The Morgan fingerprint density at radius 3 is 2.22 bits per heavy atom. The lowest BCUT2D eigenvalue weighted by Crippen LogP contribution is -2.64. The highest BCUT2D eigenvalue weighted by atomic mass is 16.6. The monoisotopic (exact) mass is 378 g/mol. The lowest BCUT2D eigenvalue weighted by molar-refractivity contribution is -0.238. The third kappa shape index (κ3) is 3.91. The van der Waals surface area contributed by atoms with Crippen molar-refractivity contribution >= 4 is 11.9 Å². The first-order valence-corrected chi connectivity index (χ1v) is 11.1. The van der Waals surface area contributed by atoms with Gasteiger partial charge in [-0.2, -0.15) is 0 Å². The van der Waals surface area contributed by atoms with Crippen LogP contribution in [0.5, 0.6) is 0 Å². The fourth-order valence-corrected chi connectivity index (χ4v) is 6.57. The van der Waals surface area contributed by atoms with Gasteiger partial charge in [-0.3, -0.25) is 9.59 Å². The Kier molecular flexibility index (Phi) is 5.93. The van der Waals surface area contributed by atoms with Crippen molar-refractivity contribution in [2.75, 3.05) is 6.61 Å². The second kappa shape index (κ2) is 7.75. The number of carbonyl (C=O) groups excluding carboxylic acids is 2. The summed E-state index contributed by atoms with van der Waals surface area (Å²) >= 11 is 0. The van der Waals surface area contributed by atoms with Crippen LogP contribution in [0.25, 0.3) is 0 Å². The van der Waals surface area contributed by atoms with Gasteiger partial charge in [-0.05, 0) is 62.2 Å². The first-order valence-electron chi connectivity index (χ1n) is 11.1. The Balaban J connectivity index is 1.56. The normalized spacial score (nSPS) is 38.1. The topological polar surface area (TPSA) is 52.6 Å². The fraction of sp³-hybridized carbons (Fsp3) is 0.913. The first kappa shape index (κ1) is 20.7. The van der Waals surface area contributed by atoms with Gasteiger partial charge in [-0.25, -0.2) is 0 Å². The summed E-state index contributed by atoms with van der Waals surface area (Å²) in [6.07, 6.45) is 7.89. The van der Waals surface area contributed by atoms with E-state index in [1.807, 2.05) is 13.8 Å².